The zero-order valence-corrected chi connectivity index (χ0v) is 11.4. The molecule has 1 rings (SSSR count). The van der Waals surface area contributed by atoms with E-state index in [1.54, 1.807) is 19.0 Å². The quantitative estimate of drug-likeness (QED) is 0.431. The zero-order valence-electron chi connectivity index (χ0n) is 9.65. The lowest BCUT2D eigenvalue weighted by Gasteiger charge is -2.43. The fourth-order valence-electron chi connectivity index (χ4n) is 2.00. The molecule has 1 aliphatic heterocycles. The third-order valence-corrected chi connectivity index (χ3v) is 7.27. The highest BCUT2D eigenvalue weighted by Crippen LogP contribution is 2.70. The van der Waals surface area contributed by atoms with Crippen LogP contribution in [0.2, 0.25) is 0 Å². The Hall–Kier alpha value is 0.220. The van der Waals surface area contributed by atoms with Crippen LogP contribution in [0.1, 0.15) is 12.8 Å². The van der Waals surface area contributed by atoms with Gasteiger partial charge in [-0.15, -0.1) is 0 Å². The van der Waals surface area contributed by atoms with Crippen LogP contribution in [0.25, 0.3) is 0 Å². The Morgan fingerprint density at radius 2 is 1.65 bits per heavy atom. The van der Waals surface area contributed by atoms with Crippen LogP contribution < -0.4 is 5.32 Å². The van der Waals surface area contributed by atoms with Gasteiger partial charge in [0.1, 0.15) is 0 Å². The van der Waals surface area contributed by atoms with E-state index in [0.29, 0.717) is 6.42 Å². The van der Waals surface area contributed by atoms with Gasteiger partial charge in [0.25, 0.3) is 0 Å². The van der Waals surface area contributed by atoms with Gasteiger partial charge in [-0.1, -0.05) is 0 Å². The van der Waals surface area contributed by atoms with E-state index in [9.17, 15) is 28.7 Å². The van der Waals surface area contributed by atoms with Gasteiger partial charge in [0.05, 0.1) is 0 Å². The van der Waals surface area contributed by atoms with Crippen LogP contribution in [0.3, 0.4) is 0 Å². The minimum absolute atomic E-state index is 0.152. The van der Waals surface area contributed by atoms with E-state index in [1.165, 1.54) is 0 Å². The van der Waals surface area contributed by atoms with Crippen LogP contribution in [-0.4, -0.2) is 56.2 Å². The van der Waals surface area contributed by atoms with Crippen LogP contribution in [0.5, 0.6) is 0 Å². The minimum Gasteiger partial charge on any atom is -0.323 e. The Morgan fingerprint density at radius 1 is 1.18 bits per heavy atom. The summed E-state index contributed by atoms with van der Waals surface area (Å²) in [4.78, 5) is 38.8. The average molecular weight is 288 g/mol. The van der Waals surface area contributed by atoms with Gasteiger partial charge < -0.3 is 24.5 Å². The molecule has 1 heterocycles. The van der Waals surface area contributed by atoms with Crippen molar-refractivity contribution in [3.05, 3.63) is 0 Å². The van der Waals surface area contributed by atoms with Crippen molar-refractivity contribution in [2.75, 3.05) is 20.6 Å². The maximum Gasteiger partial charge on any atom is 0.357 e. The van der Waals surface area contributed by atoms with E-state index in [0.717, 1.165) is 0 Å². The van der Waals surface area contributed by atoms with Crippen molar-refractivity contribution in [3.8, 4) is 0 Å². The Morgan fingerprint density at radius 3 is 2.00 bits per heavy atom. The molecule has 1 aliphatic rings. The van der Waals surface area contributed by atoms with Gasteiger partial charge in [-0.3, -0.25) is 14.4 Å². The van der Waals surface area contributed by atoms with Crippen LogP contribution in [-0.2, 0) is 9.13 Å². The summed E-state index contributed by atoms with van der Waals surface area (Å²) in [5.41, 5.74) is 0. The first-order valence-electron chi connectivity index (χ1n) is 5.04. The number of nitrogens with one attached hydrogen (secondary N) is 1. The van der Waals surface area contributed by atoms with Crippen molar-refractivity contribution in [1.82, 2.24) is 10.2 Å². The molecule has 0 aromatic carbocycles. The number of hydrogen-bond donors (Lipinski definition) is 5. The molecule has 0 spiro atoms. The number of hydrogen-bond acceptors (Lipinski definition) is 4. The SMILES string of the molecule is CN(C)C1CCNC(P(=O)(O)O)(P(=O)(O)O)C1. The molecule has 17 heavy (non-hydrogen) atoms. The van der Waals surface area contributed by atoms with E-state index < -0.39 is 20.2 Å². The number of piperidine rings is 1. The summed E-state index contributed by atoms with van der Waals surface area (Å²) in [6.45, 7) is 0.152. The number of rotatable bonds is 3. The monoisotopic (exact) mass is 288 g/mol. The van der Waals surface area contributed by atoms with Crippen molar-refractivity contribution in [2.24, 2.45) is 0 Å². The molecular formula is C7H18N2O6P2. The molecule has 0 radical (unpaired) electrons. The standard InChI is InChI=1S/C7H18N2O6P2/c1-9(2)6-3-4-8-7(5-6,16(10,11)12)17(13,14)15/h6,8H,3-5H2,1-2H3,(H2,10,11,12)(H2,13,14,15). The summed E-state index contributed by atoms with van der Waals surface area (Å²) >= 11 is 0. The van der Waals surface area contributed by atoms with Gasteiger partial charge in [0, 0.05) is 12.5 Å². The van der Waals surface area contributed by atoms with Gasteiger partial charge in [-0.25, -0.2) is 0 Å². The highest BCUT2D eigenvalue weighted by Gasteiger charge is 2.62. The Kier molecular flexibility index (Phi) is 4.24. The molecule has 5 N–H and O–H groups in total. The Bertz CT molecular complexity index is 353. The predicted molar refractivity (Wildman–Crippen MR) is 61.5 cm³/mol. The van der Waals surface area contributed by atoms with Gasteiger partial charge in [-0.2, -0.15) is 0 Å². The normalized spacial score (nSPS) is 26.2. The van der Waals surface area contributed by atoms with Crippen LogP contribution >= 0.6 is 15.2 Å². The summed E-state index contributed by atoms with van der Waals surface area (Å²) in [7, 11) is -6.53. The lowest BCUT2D eigenvalue weighted by Crippen LogP contribution is -2.54. The Balaban J connectivity index is 3.18. The first-order valence-corrected chi connectivity index (χ1v) is 8.26. The minimum atomic E-state index is -4.97. The molecule has 0 saturated carbocycles. The van der Waals surface area contributed by atoms with Gasteiger partial charge >= 0.3 is 15.2 Å². The van der Waals surface area contributed by atoms with Crippen molar-refractivity contribution < 1.29 is 28.7 Å². The topological polar surface area (TPSA) is 130 Å². The maximum atomic E-state index is 11.4. The van der Waals surface area contributed by atoms with Gasteiger partial charge in [0.15, 0.2) is 0 Å². The zero-order chi connectivity index (χ0) is 13.5. The molecule has 10 heteroatoms. The largest absolute Gasteiger partial charge is 0.357 e. The highest BCUT2D eigenvalue weighted by atomic mass is 31.2. The second-order valence-corrected chi connectivity index (χ2v) is 8.50. The molecule has 0 aromatic rings. The summed E-state index contributed by atoms with van der Waals surface area (Å²) in [6, 6.07) is -0.281. The van der Waals surface area contributed by atoms with E-state index in [2.05, 4.69) is 5.32 Å². The molecule has 0 bridgehead atoms. The first kappa shape index (κ1) is 15.3. The van der Waals surface area contributed by atoms with Gasteiger partial charge in [0.2, 0.25) is 5.02 Å². The molecule has 1 atom stereocenters. The van der Waals surface area contributed by atoms with E-state index in [1.807, 2.05) is 0 Å². The third-order valence-electron chi connectivity index (χ3n) is 3.10. The summed E-state index contributed by atoms with van der Waals surface area (Å²) in [6.07, 6.45) is 0.295. The predicted octanol–water partition coefficient (Wildman–Crippen LogP) is -0.691. The smallest absolute Gasteiger partial charge is 0.323 e. The lowest BCUT2D eigenvalue weighted by molar-refractivity contribution is 0.181. The van der Waals surface area contributed by atoms with Crippen molar-refractivity contribution >= 4 is 15.2 Å². The lowest BCUT2D eigenvalue weighted by atomic mass is 10.1. The molecule has 0 aromatic heterocycles. The second-order valence-electron chi connectivity index (χ2n) is 4.44. The molecule has 1 unspecified atom stereocenters. The summed E-state index contributed by atoms with van der Waals surface area (Å²) < 4.78 is 22.9. The van der Waals surface area contributed by atoms with Crippen LogP contribution in [0.4, 0.5) is 0 Å². The maximum absolute atomic E-state index is 11.4. The molecular weight excluding hydrogens is 270 g/mol. The van der Waals surface area contributed by atoms with E-state index in [4.69, 9.17) is 0 Å². The molecule has 1 fully saturated rings. The van der Waals surface area contributed by atoms with Crippen molar-refractivity contribution in [2.45, 2.75) is 23.9 Å². The van der Waals surface area contributed by atoms with Crippen LogP contribution in [0, 0.1) is 0 Å². The fraction of sp³-hybridized carbons (Fsp3) is 1.00. The summed E-state index contributed by atoms with van der Waals surface area (Å²) in [5, 5.41) is -0.107. The first-order chi connectivity index (χ1) is 7.51. The van der Waals surface area contributed by atoms with Crippen LogP contribution in [0.15, 0.2) is 0 Å². The molecule has 1 saturated heterocycles. The summed E-state index contributed by atoms with van der Waals surface area (Å²) in [5.74, 6) is 0. The van der Waals surface area contributed by atoms with Crippen molar-refractivity contribution in [3.63, 3.8) is 0 Å². The van der Waals surface area contributed by atoms with E-state index >= 15 is 0 Å². The molecule has 102 valence electrons. The van der Waals surface area contributed by atoms with Gasteiger partial charge in [-0.05, 0) is 27.1 Å². The Labute approximate surface area is 99.3 Å². The second kappa shape index (κ2) is 4.72. The molecule has 8 nitrogen and oxygen atoms in total. The molecule has 0 amide bonds. The fourth-order valence-corrected chi connectivity index (χ4v) is 4.89. The third kappa shape index (κ3) is 2.80. The highest BCUT2D eigenvalue weighted by molar-refractivity contribution is 7.72. The van der Waals surface area contributed by atoms with Crippen molar-refractivity contribution in [1.29, 1.82) is 0 Å². The molecule has 0 aliphatic carbocycles. The average Bonchev–Trinajstić information content (AvgIpc) is 2.14. The number of nitrogens with zero attached hydrogens (tertiary/aromatic N) is 1. The van der Waals surface area contributed by atoms with E-state index in [-0.39, 0.29) is 19.0 Å².